The highest BCUT2D eigenvalue weighted by Gasteiger charge is 2.38. The molecule has 4 rings (SSSR count). The van der Waals surface area contributed by atoms with E-state index in [1.165, 1.54) is 18.2 Å². The first-order valence-electron chi connectivity index (χ1n) is 11.0. The van der Waals surface area contributed by atoms with Crippen LogP contribution in [0.5, 0.6) is 0 Å². The van der Waals surface area contributed by atoms with Gasteiger partial charge in [0.2, 0.25) is 5.91 Å². The van der Waals surface area contributed by atoms with E-state index < -0.39 is 9.84 Å². The van der Waals surface area contributed by atoms with Crippen LogP contribution in [0.4, 0.5) is 0 Å². The number of amides is 1. The molecule has 0 N–H and O–H groups in total. The van der Waals surface area contributed by atoms with E-state index in [-0.39, 0.29) is 35.2 Å². The summed E-state index contributed by atoms with van der Waals surface area (Å²) in [6, 6.07) is 11.8. The van der Waals surface area contributed by atoms with Crippen molar-refractivity contribution in [1.29, 1.82) is 0 Å². The second-order valence-electron chi connectivity index (χ2n) is 8.48. The Morgan fingerprint density at radius 3 is 2.48 bits per heavy atom. The van der Waals surface area contributed by atoms with Crippen LogP contribution in [0.1, 0.15) is 44.2 Å². The number of carbonyl (C=O) groups is 1. The van der Waals surface area contributed by atoms with Crippen molar-refractivity contribution in [2.75, 3.05) is 17.3 Å². The van der Waals surface area contributed by atoms with E-state index in [2.05, 4.69) is 9.97 Å². The molecule has 0 spiro atoms. The lowest BCUT2D eigenvalue weighted by Gasteiger charge is -2.38. The van der Waals surface area contributed by atoms with Gasteiger partial charge >= 0.3 is 0 Å². The Hall–Kier alpha value is -1.93. The lowest BCUT2D eigenvalue weighted by Crippen LogP contribution is -2.49. The highest BCUT2D eigenvalue weighted by atomic mass is 32.2. The predicted octanol–water partition coefficient (Wildman–Crippen LogP) is 3.89. The van der Waals surface area contributed by atoms with E-state index in [1.807, 2.05) is 48.2 Å². The Kier molecular flexibility index (Phi) is 6.96. The minimum Gasteiger partial charge on any atom is -0.335 e. The van der Waals surface area contributed by atoms with Gasteiger partial charge in [-0.1, -0.05) is 61.4 Å². The average Bonchev–Trinajstić information content (AvgIpc) is 3.12. The molecule has 166 valence electrons. The minimum absolute atomic E-state index is 0.00497. The molecule has 31 heavy (non-hydrogen) atoms. The van der Waals surface area contributed by atoms with Crippen molar-refractivity contribution in [3.63, 3.8) is 0 Å². The minimum atomic E-state index is -3.05. The molecule has 0 bridgehead atoms. The van der Waals surface area contributed by atoms with Crippen LogP contribution >= 0.6 is 11.8 Å². The molecule has 8 heteroatoms. The Balaban J connectivity index is 1.49. The van der Waals surface area contributed by atoms with Gasteiger partial charge in [-0.05, 0) is 32.3 Å². The molecule has 2 aliphatic rings. The first kappa shape index (κ1) is 22.3. The summed E-state index contributed by atoms with van der Waals surface area (Å²) in [5, 5.41) is 0.579. The zero-order valence-corrected chi connectivity index (χ0v) is 19.5. The molecule has 2 aromatic rings. The van der Waals surface area contributed by atoms with E-state index in [0.717, 1.165) is 42.6 Å². The van der Waals surface area contributed by atoms with Crippen molar-refractivity contribution in [3.05, 3.63) is 42.1 Å². The van der Waals surface area contributed by atoms with Gasteiger partial charge in [0.25, 0.3) is 0 Å². The maximum absolute atomic E-state index is 13.3. The normalized spacial score (nSPS) is 21.1. The van der Waals surface area contributed by atoms with E-state index in [9.17, 15) is 13.2 Å². The number of hydrogen-bond donors (Lipinski definition) is 0. The maximum Gasteiger partial charge on any atom is 0.233 e. The van der Waals surface area contributed by atoms with Gasteiger partial charge in [0.1, 0.15) is 0 Å². The summed E-state index contributed by atoms with van der Waals surface area (Å²) in [4.78, 5) is 24.4. The number of thioether (sulfide) groups is 1. The number of benzene rings is 1. The Bertz CT molecular complexity index is 1020. The van der Waals surface area contributed by atoms with E-state index in [0.29, 0.717) is 11.6 Å². The quantitative estimate of drug-likeness (QED) is 0.482. The standard InChI is InChI=1S/C23H29N3O3S2/c1-17-14-21(18-8-4-2-5-9-18)25-23(24-17)30-15-22(27)26(19-10-6-3-7-11-19)20-12-13-31(28,29)16-20/h2,4-5,8-9,14,19-20H,3,6-7,10-13,15-16H2,1H3/t20-/m0/s1. The summed E-state index contributed by atoms with van der Waals surface area (Å²) in [6.45, 7) is 1.93. The molecule has 1 aliphatic carbocycles. The topological polar surface area (TPSA) is 80.2 Å². The predicted molar refractivity (Wildman–Crippen MR) is 124 cm³/mol. The van der Waals surface area contributed by atoms with Crippen molar-refractivity contribution in [2.45, 2.75) is 62.7 Å². The zero-order valence-electron chi connectivity index (χ0n) is 17.9. The van der Waals surface area contributed by atoms with Gasteiger partial charge in [-0.3, -0.25) is 4.79 Å². The third-order valence-corrected chi connectivity index (χ3v) is 8.67. The van der Waals surface area contributed by atoms with Gasteiger partial charge in [-0.25, -0.2) is 18.4 Å². The molecule has 1 saturated heterocycles. The molecule has 1 aromatic heterocycles. The van der Waals surface area contributed by atoms with Gasteiger partial charge in [-0.2, -0.15) is 0 Å². The second kappa shape index (κ2) is 9.69. The molecule has 1 saturated carbocycles. The van der Waals surface area contributed by atoms with Crippen molar-refractivity contribution >= 4 is 27.5 Å². The highest BCUT2D eigenvalue weighted by molar-refractivity contribution is 7.99. The maximum atomic E-state index is 13.3. The van der Waals surface area contributed by atoms with Crippen LogP contribution in [0.15, 0.2) is 41.6 Å². The molecule has 1 amide bonds. The summed E-state index contributed by atoms with van der Waals surface area (Å²) in [5.41, 5.74) is 2.71. The number of hydrogen-bond acceptors (Lipinski definition) is 6. The number of rotatable bonds is 6. The van der Waals surface area contributed by atoms with E-state index >= 15 is 0 Å². The summed E-state index contributed by atoms with van der Waals surface area (Å²) in [5.74, 6) is 0.511. The summed E-state index contributed by atoms with van der Waals surface area (Å²) in [7, 11) is -3.05. The lowest BCUT2D eigenvalue weighted by molar-refractivity contribution is -0.133. The number of carbonyl (C=O) groups excluding carboxylic acids is 1. The molecule has 0 radical (unpaired) electrons. The highest BCUT2D eigenvalue weighted by Crippen LogP contribution is 2.30. The van der Waals surface area contributed by atoms with Crippen LogP contribution < -0.4 is 0 Å². The third-order valence-electron chi connectivity index (χ3n) is 6.09. The molecule has 6 nitrogen and oxygen atoms in total. The second-order valence-corrected chi connectivity index (χ2v) is 11.7. The van der Waals surface area contributed by atoms with Crippen LogP contribution in [0.3, 0.4) is 0 Å². The number of sulfone groups is 1. The van der Waals surface area contributed by atoms with E-state index in [1.54, 1.807) is 0 Å². The average molecular weight is 460 g/mol. The number of aryl methyl sites for hydroxylation is 1. The van der Waals surface area contributed by atoms with Gasteiger partial charge in [0.15, 0.2) is 15.0 Å². The Labute approximate surface area is 188 Å². The largest absolute Gasteiger partial charge is 0.335 e. The van der Waals surface area contributed by atoms with Crippen LogP contribution in [0.25, 0.3) is 11.3 Å². The summed E-state index contributed by atoms with van der Waals surface area (Å²) in [6.07, 6.45) is 5.87. The molecule has 1 aromatic carbocycles. The molecular formula is C23H29N3O3S2. The fourth-order valence-electron chi connectivity index (χ4n) is 4.62. The fraction of sp³-hybridized carbons (Fsp3) is 0.522. The van der Waals surface area contributed by atoms with Gasteiger partial charge in [-0.15, -0.1) is 0 Å². The number of nitrogens with zero attached hydrogens (tertiary/aromatic N) is 3. The monoisotopic (exact) mass is 459 g/mol. The third kappa shape index (κ3) is 5.66. The van der Waals surface area contributed by atoms with Crippen LogP contribution in [-0.2, 0) is 14.6 Å². The SMILES string of the molecule is Cc1cc(-c2ccccc2)nc(SCC(=O)N(C2CCCCC2)[C@H]2CCS(=O)(=O)C2)n1. The van der Waals surface area contributed by atoms with Gasteiger partial charge < -0.3 is 4.90 Å². The Morgan fingerprint density at radius 2 is 1.81 bits per heavy atom. The van der Waals surface area contributed by atoms with E-state index in [4.69, 9.17) is 0 Å². The zero-order chi connectivity index (χ0) is 21.8. The van der Waals surface area contributed by atoms with Crippen molar-refractivity contribution in [2.24, 2.45) is 0 Å². The van der Waals surface area contributed by atoms with Gasteiger partial charge in [0, 0.05) is 23.3 Å². The van der Waals surface area contributed by atoms with Crippen LogP contribution in [0, 0.1) is 6.92 Å². The molecule has 1 aliphatic heterocycles. The summed E-state index contributed by atoms with van der Waals surface area (Å²) >= 11 is 1.34. The van der Waals surface area contributed by atoms with Crippen molar-refractivity contribution in [3.8, 4) is 11.3 Å². The first-order chi connectivity index (χ1) is 14.9. The fourth-order valence-corrected chi connectivity index (χ4v) is 7.11. The van der Waals surface area contributed by atoms with Crippen LogP contribution in [0.2, 0.25) is 0 Å². The van der Waals surface area contributed by atoms with Gasteiger partial charge in [0.05, 0.1) is 23.0 Å². The van der Waals surface area contributed by atoms with Crippen LogP contribution in [-0.4, -0.2) is 58.5 Å². The number of aromatic nitrogens is 2. The molecule has 2 fully saturated rings. The molecular weight excluding hydrogens is 430 g/mol. The Morgan fingerprint density at radius 1 is 1.06 bits per heavy atom. The molecule has 2 heterocycles. The smallest absolute Gasteiger partial charge is 0.233 e. The lowest BCUT2D eigenvalue weighted by atomic mass is 9.93. The molecule has 0 unspecified atom stereocenters. The first-order valence-corrected chi connectivity index (χ1v) is 13.8. The molecule has 1 atom stereocenters. The summed E-state index contributed by atoms with van der Waals surface area (Å²) < 4.78 is 24.2. The van der Waals surface area contributed by atoms with Crippen molar-refractivity contribution < 1.29 is 13.2 Å². The van der Waals surface area contributed by atoms with Crippen molar-refractivity contribution in [1.82, 2.24) is 14.9 Å².